The van der Waals surface area contributed by atoms with Crippen molar-refractivity contribution in [3.8, 4) is 0 Å². The molecule has 0 aromatic rings. The molecule has 3 saturated carbocycles. The molecule has 4 aliphatic carbocycles. The van der Waals surface area contributed by atoms with Crippen LogP contribution in [-0.4, -0.2) is 22.6 Å². The van der Waals surface area contributed by atoms with Crippen LogP contribution in [0, 0.1) is 40.4 Å². The molecule has 0 radical (unpaired) electrons. The molecule has 27 heavy (non-hydrogen) atoms. The van der Waals surface area contributed by atoms with E-state index in [1.165, 1.54) is 0 Å². The number of fused-ring (bicyclic) bond motifs is 5. The number of rotatable bonds is 2. The van der Waals surface area contributed by atoms with Crippen LogP contribution in [0.15, 0.2) is 23.8 Å². The van der Waals surface area contributed by atoms with Gasteiger partial charge in [-0.2, -0.15) is 0 Å². The molecule has 148 valence electrons. The molecule has 4 aliphatic rings. The largest absolute Gasteiger partial charge is 0.296 e. The van der Waals surface area contributed by atoms with Gasteiger partial charge >= 0.3 is 0 Å². The maximum atomic E-state index is 13.3. The number of hydrogen-bond acceptors (Lipinski definition) is 2. The Morgan fingerprint density at radius 3 is 2.70 bits per heavy atom. The fourth-order valence-corrected chi connectivity index (χ4v) is 8.83. The van der Waals surface area contributed by atoms with Crippen LogP contribution in [0.25, 0.3) is 0 Å². The van der Waals surface area contributed by atoms with E-state index in [9.17, 15) is 14.0 Å². The molecule has 0 bridgehead atoms. The summed E-state index contributed by atoms with van der Waals surface area (Å²) in [5.41, 5.74) is 0.402. The van der Waals surface area contributed by atoms with Gasteiger partial charge in [0.05, 0.1) is 0 Å². The van der Waals surface area contributed by atoms with Crippen LogP contribution >= 0.6 is 23.2 Å². The Morgan fingerprint density at radius 1 is 1.33 bits per heavy atom. The molecular weight excluding hydrogens is 386 g/mol. The highest BCUT2D eigenvalue weighted by Gasteiger charge is 2.68. The van der Waals surface area contributed by atoms with Crippen molar-refractivity contribution in [1.82, 2.24) is 0 Å². The van der Waals surface area contributed by atoms with Gasteiger partial charge in [-0.15, -0.1) is 23.2 Å². The lowest BCUT2D eigenvalue weighted by molar-refractivity contribution is -0.132. The molecule has 0 amide bonds. The van der Waals surface area contributed by atoms with Gasteiger partial charge in [0.2, 0.25) is 0 Å². The Bertz CT molecular complexity index is 757. The Balaban J connectivity index is 1.79. The van der Waals surface area contributed by atoms with Crippen molar-refractivity contribution in [2.24, 2.45) is 40.4 Å². The molecule has 1 unspecified atom stereocenters. The number of halogens is 3. The molecule has 5 heteroatoms. The average Bonchev–Trinajstić information content (AvgIpc) is 2.83. The molecule has 3 fully saturated rings. The van der Waals surface area contributed by atoms with E-state index >= 15 is 0 Å². The van der Waals surface area contributed by atoms with Crippen LogP contribution in [0.5, 0.6) is 0 Å². The second-order valence-corrected chi connectivity index (χ2v) is 11.3. The number of allylic oxidation sites excluding steroid dienone is 4. The third-order valence-corrected chi connectivity index (χ3v) is 8.98. The second kappa shape index (κ2) is 6.16. The maximum Gasteiger partial charge on any atom is 0.178 e. The molecule has 0 heterocycles. The standard InChI is InChI=1S/C22H27Cl2FO2/c1-12-8-16-15-5-4-13-9-14(26)6-7-20(13,2)19(15)22(23,24)11-21(16,3)18(12)17(27)10-25/h6-7,9,12,15-16,18-19H,4-5,8,10-11H2,1-3H3/t12?,15-,16-,18+,19-,20-,21-/m0/s1. The summed E-state index contributed by atoms with van der Waals surface area (Å²) in [5.74, 6) is 0.0898. The summed E-state index contributed by atoms with van der Waals surface area (Å²) < 4.78 is 12.3. The number of alkyl halides is 3. The predicted molar refractivity (Wildman–Crippen MR) is 105 cm³/mol. The quantitative estimate of drug-likeness (QED) is 0.562. The third kappa shape index (κ3) is 2.64. The van der Waals surface area contributed by atoms with Gasteiger partial charge in [-0.1, -0.05) is 32.4 Å². The molecule has 0 aliphatic heterocycles. The maximum absolute atomic E-state index is 13.3. The number of ketones is 2. The van der Waals surface area contributed by atoms with Crippen molar-refractivity contribution >= 4 is 34.8 Å². The van der Waals surface area contributed by atoms with Crippen molar-refractivity contribution in [3.63, 3.8) is 0 Å². The van der Waals surface area contributed by atoms with Crippen LogP contribution in [0.4, 0.5) is 4.39 Å². The number of Topliss-reactive ketones (excluding diaryl/α,β-unsaturated/α-hetero) is 1. The van der Waals surface area contributed by atoms with Crippen molar-refractivity contribution < 1.29 is 14.0 Å². The van der Waals surface area contributed by atoms with Crippen LogP contribution in [0.1, 0.15) is 46.5 Å². The Morgan fingerprint density at radius 2 is 2.04 bits per heavy atom. The molecule has 0 aromatic heterocycles. The summed E-state index contributed by atoms with van der Waals surface area (Å²) in [6.45, 7) is 5.39. The number of carbonyl (C=O) groups excluding carboxylic acids is 2. The van der Waals surface area contributed by atoms with Gasteiger partial charge in [-0.25, -0.2) is 4.39 Å². The van der Waals surface area contributed by atoms with Gasteiger partial charge < -0.3 is 0 Å². The Labute approximate surface area is 170 Å². The summed E-state index contributed by atoms with van der Waals surface area (Å²) >= 11 is 14.0. The van der Waals surface area contributed by atoms with E-state index in [-0.39, 0.29) is 46.1 Å². The molecular formula is C22H27Cl2FO2. The third-order valence-electron chi connectivity index (χ3n) is 8.24. The van der Waals surface area contributed by atoms with E-state index in [0.29, 0.717) is 12.3 Å². The van der Waals surface area contributed by atoms with Crippen LogP contribution in [0.3, 0.4) is 0 Å². The molecule has 0 aromatic carbocycles. The first-order valence-electron chi connectivity index (χ1n) is 9.95. The van der Waals surface area contributed by atoms with Gasteiger partial charge in [0.25, 0.3) is 0 Å². The monoisotopic (exact) mass is 412 g/mol. The fraction of sp³-hybridized carbons (Fsp3) is 0.727. The highest BCUT2D eigenvalue weighted by molar-refractivity contribution is 6.48. The van der Waals surface area contributed by atoms with Crippen LogP contribution < -0.4 is 0 Å². The summed E-state index contributed by atoms with van der Waals surface area (Å²) in [7, 11) is 0. The van der Waals surface area contributed by atoms with E-state index < -0.39 is 11.0 Å². The fourth-order valence-electron chi connectivity index (χ4n) is 7.48. The second-order valence-electron chi connectivity index (χ2n) is 9.71. The smallest absolute Gasteiger partial charge is 0.178 e. The lowest BCUT2D eigenvalue weighted by atomic mass is 9.47. The summed E-state index contributed by atoms with van der Waals surface area (Å²) in [6, 6.07) is 0. The molecule has 2 nitrogen and oxygen atoms in total. The lowest BCUT2D eigenvalue weighted by Gasteiger charge is -2.61. The Hall–Kier alpha value is -0.670. The van der Waals surface area contributed by atoms with Gasteiger partial charge in [0, 0.05) is 17.3 Å². The van der Waals surface area contributed by atoms with Gasteiger partial charge in [0.1, 0.15) is 11.0 Å². The molecule has 0 saturated heterocycles. The molecule has 0 N–H and O–H groups in total. The Kier molecular flexibility index (Phi) is 4.48. The molecule has 7 atom stereocenters. The van der Waals surface area contributed by atoms with E-state index in [1.54, 1.807) is 12.2 Å². The van der Waals surface area contributed by atoms with Crippen molar-refractivity contribution in [2.75, 3.05) is 6.67 Å². The SMILES string of the molecule is CC1C[C@H]2[C@@H]3CCC4=CC(=O)C=C[C@]4(C)[C@H]3C(Cl)(Cl)C[C@]2(C)[C@H]1C(=O)CF. The highest BCUT2D eigenvalue weighted by atomic mass is 35.5. The minimum absolute atomic E-state index is 0.0119. The van der Waals surface area contributed by atoms with E-state index in [4.69, 9.17) is 23.2 Å². The first kappa shape index (κ1) is 19.6. The number of hydrogen-bond donors (Lipinski definition) is 0. The van der Waals surface area contributed by atoms with Crippen molar-refractivity contribution in [3.05, 3.63) is 23.8 Å². The lowest BCUT2D eigenvalue weighted by Crippen LogP contribution is -2.58. The average molecular weight is 413 g/mol. The zero-order valence-corrected chi connectivity index (χ0v) is 17.6. The minimum Gasteiger partial charge on any atom is -0.296 e. The van der Waals surface area contributed by atoms with Gasteiger partial charge in [-0.05, 0) is 61.0 Å². The van der Waals surface area contributed by atoms with Crippen LogP contribution in [-0.2, 0) is 9.59 Å². The normalized spacial score (nSPS) is 47.7. The number of carbonyl (C=O) groups is 2. The van der Waals surface area contributed by atoms with Gasteiger partial charge in [-0.3, -0.25) is 9.59 Å². The topological polar surface area (TPSA) is 34.1 Å². The summed E-state index contributed by atoms with van der Waals surface area (Å²) in [6.07, 6.45) is 8.54. The van der Waals surface area contributed by atoms with E-state index in [1.807, 2.05) is 6.08 Å². The first-order valence-corrected chi connectivity index (χ1v) is 10.7. The molecule has 0 spiro atoms. The summed E-state index contributed by atoms with van der Waals surface area (Å²) in [4.78, 5) is 24.4. The first-order chi connectivity index (χ1) is 12.5. The zero-order valence-electron chi connectivity index (χ0n) is 16.1. The van der Waals surface area contributed by atoms with Gasteiger partial charge in [0.15, 0.2) is 11.6 Å². The zero-order chi connectivity index (χ0) is 19.8. The van der Waals surface area contributed by atoms with Crippen molar-refractivity contribution in [2.45, 2.75) is 50.8 Å². The minimum atomic E-state index is -1.02. The summed E-state index contributed by atoms with van der Waals surface area (Å²) in [5, 5.41) is 0. The van der Waals surface area contributed by atoms with E-state index in [0.717, 1.165) is 24.8 Å². The van der Waals surface area contributed by atoms with Crippen molar-refractivity contribution in [1.29, 1.82) is 0 Å². The molecule has 4 rings (SSSR count). The predicted octanol–water partition coefficient (Wildman–Crippen LogP) is 5.48. The highest BCUT2D eigenvalue weighted by Crippen LogP contribution is 2.71. The van der Waals surface area contributed by atoms with E-state index in [2.05, 4.69) is 20.8 Å². The van der Waals surface area contributed by atoms with Crippen LogP contribution in [0.2, 0.25) is 0 Å².